The molecule has 1 heterocycles. The van der Waals surface area contributed by atoms with Gasteiger partial charge >= 0.3 is 6.36 Å². The van der Waals surface area contributed by atoms with Gasteiger partial charge in [-0.25, -0.2) is 0 Å². The minimum Gasteiger partial charge on any atom is -0.406 e. The summed E-state index contributed by atoms with van der Waals surface area (Å²) in [5, 5.41) is 8.15. The van der Waals surface area contributed by atoms with Crippen LogP contribution in [0.3, 0.4) is 0 Å². The zero-order valence-electron chi connectivity index (χ0n) is 14.8. The van der Waals surface area contributed by atoms with Crippen molar-refractivity contribution in [2.75, 3.05) is 11.9 Å². The van der Waals surface area contributed by atoms with Gasteiger partial charge in [0, 0.05) is 33.9 Å². The number of aromatic nitrogens is 1. The van der Waals surface area contributed by atoms with Crippen molar-refractivity contribution in [1.82, 2.24) is 10.3 Å². The van der Waals surface area contributed by atoms with Gasteiger partial charge in [0.2, 0.25) is 0 Å². The number of anilines is 1. The minimum absolute atomic E-state index is 0.287. The smallest absolute Gasteiger partial charge is 0.406 e. The van der Waals surface area contributed by atoms with E-state index in [-0.39, 0.29) is 5.75 Å². The maximum atomic E-state index is 12.2. The number of rotatable bonds is 5. The maximum Gasteiger partial charge on any atom is 0.573 e. The Morgan fingerprint density at radius 2 is 1.89 bits per heavy atom. The molecule has 0 spiro atoms. The van der Waals surface area contributed by atoms with Crippen LogP contribution in [0.2, 0.25) is 5.02 Å². The highest BCUT2D eigenvalue weighted by Gasteiger charge is 2.30. The van der Waals surface area contributed by atoms with Gasteiger partial charge in [-0.3, -0.25) is 0 Å². The number of nitrogens with one attached hydrogen (secondary N) is 3. The average molecular weight is 428 g/mol. The number of halogens is 4. The molecule has 0 radical (unpaired) electrons. The van der Waals surface area contributed by atoms with E-state index >= 15 is 0 Å². The van der Waals surface area contributed by atoms with Crippen molar-refractivity contribution < 1.29 is 17.9 Å². The molecule has 0 aliphatic heterocycles. The zero-order valence-corrected chi connectivity index (χ0v) is 16.4. The lowest BCUT2D eigenvalue weighted by Crippen LogP contribution is -2.30. The van der Waals surface area contributed by atoms with E-state index in [1.54, 1.807) is 0 Å². The first-order chi connectivity index (χ1) is 13.2. The second-order valence-electron chi connectivity index (χ2n) is 6.12. The lowest BCUT2D eigenvalue weighted by Gasteiger charge is -2.12. The van der Waals surface area contributed by atoms with Crippen molar-refractivity contribution in [2.45, 2.75) is 19.7 Å². The van der Waals surface area contributed by atoms with Crippen LogP contribution in [0.5, 0.6) is 5.75 Å². The van der Waals surface area contributed by atoms with Gasteiger partial charge in [0.15, 0.2) is 5.11 Å². The Labute approximate surface area is 170 Å². The lowest BCUT2D eigenvalue weighted by molar-refractivity contribution is -0.274. The number of aromatic amines is 1. The summed E-state index contributed by atoms with van der Waals surface area (Å²) in [4.78, 5) is 3.33. The molecule has 0 fully saturated rings. The van der Waals surface area contributed by atoms with Crippen molar-refractivity contribution in [3.8, 4) is 5.75 Å². The Morgan fingerprint density at radius 3 is 2.57 bits per heavy atom. The van der Waals surface area contributed by atoms with Crippen LogP contribution in [0, 0.1) is 6.92 Å². The number of benzene rings is 2. The number of alkyl halides is 3. The van der Waals surface area contributed by atoms with Crippen LogP contribution >= 0.6 is 23.8 Å². The first-order valence-corrected chi connectivity index (χ1v) is 9.17. The largest absolute Gasteiger partial charge is 0.573 e. The molecule has 3 rings (SSSR count). The fourth-order valence-corrected chi connectivity index (χ4v) is 3.29. The second-order valence-corrected chi connectivity index (χ2v) is 6.97. The predicted molar refractivity (Wildman–Crippen MR) is 109 cm³/mol. The Hall–Kier alpha value is -2.45. The average Bonchev–Trinajstić information content (AvgIpc) is 2.90. The van der Waals surface area contributed by atoms with Crippen LogP contribution in [-0.4, -0.2) is 23.0 Å². The normalized spacial score (nSPS) is 11.5. The molecule has 148 valence electrons. The summed E-state index contributed by atoms with van der Waals surface area (Å²) in [5.41, 5.74) is 3.81. The number of H-pyrrole nitrogens is 1. The molecule has 0 amide bonds. The van der Waals surface area contributed by atoms with Gasteiger partial charge in [-0.1, -0.05) is 11.6 Å². The van der Waals surface area contributed by atoms with E-state index in [1.165, 1.54) is 24.3 Å². The van der Waals surface area contributed by atoms with E-state index in [0.717, 1.165) is 28.6 Å². The molecule has 1 aromatic heterocycles. The molecule has 0 bridgehead atoms. The third-order valence-electron chi connectivity index (χ3n) is 4.09. The predicted octanol–water partition coefficient (Wildman–Crippen LogP) is 5.56. The molecule has 9 heteroatoms. The molecular formula is C19H17ClF3N3OS. The number of hydrogen-bond donors (Lipinski definition) is 3. The second kappa shape index (κ2) is 8.28. The van der Waals surface area contributed by atoms with Crippen LogP contribution in [0.1, 0.15) is 11.3 Å². The van der Waals surface area contributed by atoms with Crippen molar-refractivity contribution in [1.29, 1.82) is 0 Å². The van der Waals surface area contributed by atoms with E-state index in [9.17, 15) is 13.2 Å². The molecule has 0 aliphatic carbocycles. The third kappa shape index (κ3) is 5.30. The van der Waals surface area contributed by atoms with Gasteiger partial charge in [-0.05, 0) is 73.6 Å². The summed E-state index contributed by atoms with van der Waals surface area (Å²) in [6.07, 6.45) is -3.98. The highest BCUT2D eigenvalue weighted by molar-refractivity contribution is 7.80. The molecule has 0 aliphatic rings. The van der Waals surface area contributed by atoms with Gasteiger partial charge in [-0.2, -0.15) is 0 Å². The zero-order chi connectivity index (χ0) is 20.3. The standard InChI is InChI=1S/C19H17ClF3N3OS/c1-11-15(16-10-12(20)2-7-17(16)25-11)8-9-24-18(28)26-13-3-5-14(6-4-13)27-19(21,22)23/h2-7,10,25H,8-9H2,1H3,(H2,24,26,28). The van der Waals surface area contributed by atoms with E-state index < -0.39 is 6.36 Å². The monoisotopic (exact) mass is 427 g/mol. The lowest BCUT2D eigenvalue weighted by atomic mass is 10.1. The molecule has 0 saturated heterocycles. The first kappa shape index (κ1) is 20.3. The van der Waals surface area contributed by atoms with Crippen molar-refractivity contribution in [3.05, 3.63) is 58.7 Å². The summed E-state index contributed by atoms with van der Waals surface area (Å²) in [6.45, 7) is 2.59. The van der Waals surface area contributed by atoms with Crippen molar-refractivity contribution in [2.24, 2.45) is 0 Å². The van der Waals surface area contributed by atoms with Crippen LogP contribution in [0.15, 0.2) is 42.5 Å². The molecule has 4 nitrogen and oxygen atoms in total. The van der Waals surface area contributed by atoms with Crippen molar-refractivity contribution >= 4 is 45.5 Å². The quantitative estimate of drug-likeness (QED) is 0.467. The van der Waals surface area contributed by atoms with Crippen LogP contribution in [-0.2, 0) is 6.42 Å². The summed E-state index contributed by atoms with van der Waals surface area (Å²) < 4.78 is 40.4. The topological polar surface area (TPSA) is 49.1 Å². The summed E-state index contributed by atoms with van der Waals surface area (Å²) >= 11 is 11.3. The number of thiocarbonyl (C=S) groups is 1. The van der Waals surface area contributed by atoms with Gasteiger partial charge in [0.1, 0.15) is 5.75 Å². The fourth-order valence-electron chi connectivity index (χ4n) is 2.89. The third-order valence-corrected chi connectivity index (χ3v) is 4.57. The van der Waals surface area contributed by atoms with E-state index in [0.29, 0.717) is 22.4 Å². The molecule has 3 N–H and O–H groups in total. The van der Waals surface area contributed by atoms with Gasteiger partial charge in [0.05, 0.1) is 0 Å². The SMILES string of the molecule is Cc1[nH]c2ccc(Cl)cc2c1CCNC(=S)Nc1ccc(OC(F)(F)F)cc1. The van der Waals surface area contributed by atoms with Crippen molar-refractivity contribution in [3.63, 3.8) is 0 Å². The van der Waals surface area contributed by atoms with Gasteiger partial charge < -0.3 is 20.4 Å². The van der Waals surface area contributed by atoms with Gasteiger partial charge in [0.25, 0.3) is 0 Å². The maximum absolute atomic E-state index is 12.2. The van der Waals surface area contributed by atoms with Crippen LogP contribution in [0.25, 0.3) is 10.9 Å². The molecular weight excluding hydrogens is 411 g/mol. The summed E-state index contributed by atoms with van der Waals surface area (Å²) in [7, 11) is 0. The molecule has 28 heavy (non-hydrogen) atoms. The van der Waals surface area contributed by atoms with Gasteiger partial charge in [-0.15, -0.1) is 13.2 Å². The molecule has 2 aromatic carbocycles. The van der Waals surface area contributed by atoms with E-state index in [4.69, 9.17) is 23.8 Å². The highest BCUT2D eigenvalue weighted by Crippen LogP contribution is 2.26. The summed E-state index contributed by atoms with van der Waals surface area (Å²) in [6, 6.07) is 11.1. The Kier molecular flexibility index (Phi) is 6.00. The molecule has 3 aromatic rings. The highest BCUT2D eigenvalue weighted by atomic mass is 35.5. The number of aryl methyl sites for hydroxylation is 1. The minimum atomic E-state index is -4.71. The molecule has 0 unspecified atom stereocenters. The van der Waals surface area contributed by atoms with Crippen LogP contribution in [0.4, 0.5) is 18.9 Å². The fraction of sp³-hybridized carbons (Fsp3) is 0.211. The summed E-state index contributed by atoms with van der Waals surface area (Å²) in [5.74, 6) is -0.287. The number of fused-ring (bicyclic) bond motifs is 1. The van der Waals surface area contributed by atoms with E-state index in [1.807, 2.05) is 25.1 Å². The number of ether oxygens (including phenoxy) is 1. The molecule has 0 atom stereocenters. The van der Waals surface area contributed by atoms with Crippen LogP contribution < -0.4 is 15.4 Å². The molecule has 0 saturated carbocycles. The Morgan fingerprint density at radius 1 is 1.18 bits per heavy atom. The Bertz CT molecular complexity index is 986. The van der Waals surface area contributed by atoms with E-state index in [2.05, 4.69) is 20.4 Å². The first-order valence-electron chi connectivity index (χ1n) is 8.38. The number of hydrogen-bond acceptors (Lipinski definition) is 2. The Balaban J connectivity index is 1.54.